The van der Waals surface area contributed by atoms with Crippen molar-refractivity contribution in [2.24, 2.45) is 0 Å². The molecule has 2 aromatic rings. The second-order valence-corrected chi connectivity index (χ2v) is 7.32. The van der Waals surface area contributed by atoms with Gasteiger partial charge in [0.25, 0.3) is 0 Å². The van der Waals surface area contributed by atoms with E-state index in [9.17, 15) is 12.8 Å². The standard InChI is InChI=1S/C12H14FNO2S2/c1-2-3-8-11(13)18(15,16)12-14-9-6-4-5-7-10(9)17-12/h4-7,11H,2-3,8H2,1H3. The molecule has 18 heavy (non-hydrogen) atoms. The first-order valence-corrected chi connectivity index (χ1v) is 8.15. The molecule has 1 atom stereocenters. The van der Waals surface area contributed by atoms with Crippen molar-refractivity contribution in [3.8, 4) is 0 Å². The maximum Gasteiger partial charge on any atom is 0.237 e. The third-order valence-corrected chi connectivity index (χ3v) is 5.90. The summed E-state index contributed by atoms with van der Waals surface area (Å²) < 4.78 is 38.4. The average Bonchev–Trinajstić information content (AvgIpc) is 2.80. The van der Waals surface area contributed by atoms with Crippen molar-refractivity contribution >= 4 is 31.4 Å². The van der Waals surface area contributed by atoms with Crippen LogP contribution in [0.3, 0.4) is 0 Å². The minimum atomic E-state index is -3.93. The molecule has 0 spiro atoms. The lowest BCUT2D eigenvalue weighted by molar-refractivity contribution is 0.390. The molecule has 1 unspecified atom stereocenters. The Labute approximate surface area is 110 Å². The van der Waals surface area contributed by atoms with Crippen LogP contribution in [0.15, 0.2) is 28.6 Å². The van der Waals surface area contributed by atoms with E-state index >= 15 is 0 Å². The molecular weight excluding hydrogens is 273 g/mol. The van der Waals surface area contributed by atoms with Crippen LogP contribution in [-0.2, 0) is 9.84 Å². The summed E-state index contributed by atoms with van der Waals surface area (Å²) in [5.74, 6) is 0. The van der Waals surface area contributed by atoms with Crippen LogP contribution < -0.4 is 0 Å². The summed E-state index contributed by atoms with van der Waals surface area (Å²) in [7, 11) is -3.93. The number of sulfone groups is 1. The fourth-order valence-corrected chi connectivity index (χ4v) is 4.27. The summed E-state index contributed by atoms with van der Waals surface area (Å²) in [6, 6.07) is 7.10. The van der Waals surface area contributed by atoms with E-state index in [-0.39, 0.29) is 10.8 Å². The minimum absolute atomic E-state index is 0.0365. The second-order valence-electron chi connectivity index (χ2n) is 4.04. The highest BCUT2D eigenvalue weighted by atomic mass is 32.2. The van der Waals surface area contributed by atoms with Crippen LogP contribution in [-0.4, -0.2) is 18.9 Å². The Bertz CT molecular complexity index is 603. The number of aromatic nitrogens is 1. The smallest absolute Gasteiger partial charge is 0.230 e. The van der Waals surface area contributed by atoms with Gasteiger partial charge in [-0.05, 0) is 25.0 Å². The summed E-state index contributed by atoms with van der Waals surface area (Å²) in [5.41, 5.74) is -1.25. The molecule has 0 fully saturated rings. The Hall–Kier alpha value is -1.01. The molecule has 1 aromatic heterocycles. The van der Waals surface area contributed by atoms with Crippen molar-refractivity contribution in [2.45, 2.75) is 36.0 Å². The molecule has 6 heteroatoms. The van der Waals surface area contributed by atoms with Gasteiger partial charge in [-0.25, -0.2) is 17.8 Å². The van der Waals surface area contributed by atoms with Crippen molar-refractivity contribution in [1.29, 1.82) is 0 Å². The molecule has 1 aromatic carbocycles. The minimum Gasteiger partial charge on any atom is -0.230 e. The average molecular weight is 287 g/mol. The van der Waals surface area contributed by atoms with Gasteiger partial charge in [0.1, 0.15) is 0 Å². The highest BCUT2D eigenvalue weighted by Crippen LogP contribution is 2.29. The van der Waals surface area contributed by atoms with E-state index in [1.165, 1.54) is 0 Å². The maximum atomic E-state index is 13.8. The number of hydrogen-bond donors (Lipinski definition) is 0. The summed E-state index contributed by atoms with van der Waals surface area (Å²) in [5, 5.41) is 0. The maximum absolute atomic E-state index is 13.8. The number of alkyl halides is 1. The zero-order chi connectivity index (χ0) is 13.2. The Kier molecular flexibility index (Phi) is 3.97. The molecule has 98 valence electrons. The molecule has 1 heterocycles. The summed E-state index contributed by atoms with van der Waals surface area (Å²) in [4.78, 5) is 4.00. The van der Waals surface area contributed by atoms with Gasteiger partial charge < -0.3 is 0 Å². The molecule has 0 bridgehead atoms. The van der Waals surface area contributed by atoms with E-state index < -0.39 is 15.3 Å². The zero-order valence-electron chi connectivity index (χ0n) is 9.97. The zero-order valence-corrected chi connectivity index (χ0v) is 11.6. The highest BCUT2D eigenvalue weighted by molar-refractivity contribution is 7.93. The fourth-order valence-electron chi connectivity index (χ4n) is 1.60. The van der Waals surface area contributed by atoms with Crippen LogP contribution >= 0.6 is 11.3 Å². The van der Waals surface area contributed by atoms with E-state index in [2.05, 4.69) is 4.98 Å². The molecule has 0 aliphatic carbocycles. The van der Waals surface area contributed by atoms with Crippen molar-refractivity contribution < 1.29 is 12.8 Å². The van der Waals surface area contributed by atoms with Crippen molar-refractivity contribution in [1.82, 2.24) is 4.98 Å². The highest BCUT2D eigenvalue weighted by Gasteiger charge is 2.29. The second kappa shape index (κ2) is 5.32. The van der Waals surface area contributed by atoms with Gasteiger partial charge in [-0.1, -0.05) is 25.5 Å². The van der Waals surface area contributed by atoms with Gasteiger partial charge in [0.2, 0.25) is 19.7 Å². The molecular formula is C12H14FNO2S2. The van der Waals surface area contributed by atoms with Crippen LogP contribution in [0.2, 0.25) is 0 Å². The van der Waals surface area contributed by atoms with Gasteiger partial charge in [0, 0.05) is 0 Å². The predicted octanol–water partition coefficient (Wildman–Crippen LogP) is 3.56. The van der Waals surface area contributed by atoms with Gasteiger partial charge in [0.05, 0.1) is 10.2 Å². The molecule has 0 radical (unpaired) electrons. The Balaban J connectivity index is 2.34. The lowest BCUT2D eigenvalue weighted by Crippen LogP contribution is -2.16. The number of para-hydroxylation sites is 1. The number of halogens is 1. The quantitative estimate of drug-likeness (QED) is 0.844. The summed E-state index contributed by atoms with van der Waals surface area (Å²) in [6.45, 7) is 1.90. The predicted molar refractivity (Wildman–Crippen MR) is 71.2 cm³/mol. The van der Waals surface area contributed by atoms with Crippen LogP contribution in [0, 0.1) is 0 Å². The first-order chi connectivity index (χ1) is 8.55. The van der Waals surface area contributed by atoms with Crippen LogP contribution in [0.4, 0.5) is 4.39 Å². The lowest BCUT2D eigenvalue weighted by Gasteiger charge is -2.05. The van der Waals surface area contributed by atoms with Crippen LogP contribution in [0.25, 0.3) is 10.2 Å². The van der Waals surface area contributed by atoms with E-state index in [0.717, 1.165) is 22.5 Å². The molecule has 0 saturated carbocycles. The summed E-state index contributed by atoms with van der Waals surface area (Å²) >= 11 is 1.03. The molecule has 0 aliphatic heterocycles. The number of unbranched alkanes of at least 4 members (excludes halogenated alkanes) is 1. The Morgan fingerprint density at radius 3 is 2.78 bits per heavy atom. The lowest BCUT2D eigenvalue weighted by atomic mass is 10.3. The molecule has 0 N–H and O–H groups in total. The van der Waals surface area contributed by atoms with Gasteiger partial charge in [0.15, 0.2) is 0 Å². The van der Waals surface area contributed by atoms with Crippen molar-refractivity contribution in [2.75, 3.05) is 0 Å². The number of hydrogen-bond acceptors (Lipinski definition) is 4. The van der Waals surface area contributed by atoms with Gasteiger partial charge in [-0.3, -0.25) is 0 Å². The third kappa shape index (κ3) is 2.54. The van der Waals surface area contributed by atoms with E-state index in [1.807, 2.05) is 6.92 Å². The van der Waals surface area contributed by atoms with Crippen LogP contribution in [0.5, 0.6) is 0 Å². The summed E-state index contributed by atoms with van der Waals surface area (Å²) in [6.07, 6.45) is 1.37. The molecule has 0 amide bonds. The largest absolute Gasteiger partial charge is 0.237 e. The SMILES string of the molecule is CCCCC(F)S(=O)(=O)c1nc2ccccc2s1. The number of fused-ring (bicyclic) bond motifs is 1. The third-order valence-electron chi connectivity index (χ3n) is 2.64. The first-order valence-electron chi connectivity index (χ1n) is 5.79. The topological polar surface area (TPSA) is 47.0 Å². The van der Waals surface area contributed by atoms with E-state index in [0.29, 0.717) is 11.9 Å². The van der Waals surface area contributed by atoms with Gasteiger partial charge >= 0.3 is 0 Å². The molecule has 0 saturated heterocycles. The fraction of sp³-hybridized carbons (Fsp3) is 0.417. The van der Waals surface area contributed by atoms with Gasteiger partial charge in [-0.15, -0.1) is 11.3 Å². The Morgan fingerprint density at radius 2 is 2.11 bits per heavy atom. The van der Waals surface area contributed by atoms with Crippen LogP contribution in [0.1, 0.15) is 26.2 Å². The number of nitrogens with zero attached hydrogens (tertiary/aromatic N) is 1. The first kappa shape index (κ1) is 13.4. The Morgan fingerprint density at radius 1 is 1.39 bits per heavy atom. The number of benzene rings is 1. The number of rotatable bonds is 5. The molecule has 3 nitrogen and oxygen atoms in total. The molecule has 2 rings (SSSR count). The monoisotopic (exact) mass is 287 g/mol. The number of thiazole rings is 1. The van der Waals surface area contributed by atoms with E-state index in [4.69, 9.17) is 0 Å². The van der Waals surface area contributed by atoms with Crippen molar-refractivity contribution in [3.63, 3.8) is 0 Å². The normalized spacial score (nSPS) is 13.9. The van der Waals surface area contributed by atoms with Gasteiger partial charge in [-0.2, -0.15) is 0 Å². The van der Waals surface area contributed by atoms with Crippen molar-refractivity contribution in [3.05, 3.63) is 24.3 Å². The molecule has 0 aliphatic rings. The van der Waals surface area contributed by atoms with E-state index in [1.54, 1.807) is 24.3 Å².